The highest BCUT2D eigenvalue weighted by Gasteiger charge is 2.33. The quantitative estimate of drug-likeness (QED) is 0.829. The van der Waals surface area contributed by atoms with Gasteiger partial charge in [0.05, 0.1) is 12.4 Å². The first-order valence-corrected chi connectivity index (χ1v) is 7.05. The largest absolute Gasteiger partial charge is 0.383 e. The van der Waals surface area contributed by atoms with Crippen molar-refractivity contribution in [3.8, 4) is 0 Å². The van der Waals surface area contributed by atoms with Gasteiger partial charge in [0, 0.05) is 23.4 Å². The van der Waals surface area contributed by atoms with Gasteiger partial charge in [-0.05, 0) is 19.1 Å². The molecule has 0 saturated carbocycles. The van der Waals surface area contributed by atoms with Gasteiger partial charge in [0.25, 0.3) is 0 Å². The summed E-state index contributed by atoms with van der Waals surface area (Å²) in [5.41, 5.74) is 0. The third kappa shape index (κ3) is 2.42. The topological polar surface area (TPSA) is 29.5 Å². The van der Waals surface area contributed by atoms with E-state index >= 15 is 0 Å². The maximum absolute atomic E-state index is 11.7. The van der Waals surface area contributed by atoms with Crippen LogP contribution < -0.4 is 0 Å². The van der Waals surface area contributed by atoms with E-state index in [1.807, 2.05) is 4.90 Å². The summed E-state index contributed by atoms with van der Waals surface area (Å²) in [5.74, 6) is 0.809. The van der Waals surface area contributed by atoms with E-state index in [1.54, 1.807) is 30.2 Å². The second-order valence-electron chi connectivity index (χ2n) is 3.69. The molecule has 1 fully saturated rings. The molecule has 0 N–H and O–H groups in total. The van der Waals surface area contributed by atoms with Crippen molar-refractivity contribution in [1.29, 1.82) is 0 Å². The molecule has 1 aliphatic heterocycles. The van der Waals surface area contributed by atoms with Crippen molar-refractivity contribution in [3.63, 3.8) is 0 Å². The Labute approximate surface area is 104 Å². The number of rotatable bonds is 4. The Hall–Kier alpha value is -0.520. The van der Waals surface area contributed by atoms with Crippen LogP contribution in [-0.4, -0.2) is 36.8 Å². The molecule has 0 radical (unpaired) electrons. The molecule has 1 aromatic heterocycles. The van der Waals surface area contributed by atoms with Gasteiger partial charge >= 0.3 is 0 Å². The molecule has 1 atom stereocenters. The molecule has 0 aromatic carbocycles. The van der Waals surface area contributed by atoms with E-state index in [2.05, 4.69) is 19.1 Å². The Balaban J connectivity index is 2.11. The lowest BCUT2D eigenvalue weighted by Gasteiger charge is -2.22. The zero-order valence-corrected chi connectivity index (χ0v) is 11.1. The minimum Gasteiger partial charge on any atom is -0.383 e. The second-order valence-corrected chi connectivity index (χ2v) is 6.08. The Morgan fingerprint density at radius 1 is 1.56 bits per heavy atom. The summed E-state index contributed by atoms with van der Waals surface area (Å²) >= 11 is 3.48. The van der Waals surface area contributed by atoms with Crippen LogP contribution in [0, 0.1) is 6.92 Å². The Morgan fingerprint density at radius 3 is 3.00 bits per heavy atom. The standard InChI is InChI=1S/C11H15NO2S2/c1-8-3-4-9(16-8)11-12(5-6-14-2)10(13)7-15-11/h3-4,11H,5-7H2,1-2H3. The van der Waals surface area contributed by atoms with E-state index in [1.165, 1.54) is 9.75 Å². The summed E-state index contributed by atoms with van der Waals surface area (Å²) in [6.45, 7) is 3.38. The number of nitrogens with zero attached hydrogens (tertiary/aromatic N) is 1. The van der Waals surface area contributed by atoms with Gasteiger partial charge in [-0.2, -0.15) is 0 Å². The first-order valence-electron chi connectivity index (χ1n) is 5.18. The lowest BCUT2D eigenvalue weighted by Crippen LogP contribution is -2.31. The maximum atomic E-state index is 11.7. The van der Waals surface area contributed by atoms with Crippen molar-refractivity contribution in [2.45, 2.75) is 12.3 Å². The van der Waals surface area contributed by atoms with E-state index in [0.29, 0.717) is 18.9 Å². The Bertz CT molecular complexity index is 378. The molecule has 1 aliphatic rings. The van der Waals surface area contributed by atoms with Crippen LogP contribution in [0.2, 0.25) is 0 Å². The molecule has 88 valence electrons. The van der Waals surface area contributed by atoms with Gasteiger partial charge < -0.3 is 9.64 Å². The van der Waals surface area contributed by atoms with Crippen LogP contribution in [-0.2, 0) is 9.53 Å². The van der Waals surface area contributed by atoms with Gasteiger partial charge in [0.1, 0.15) is 5.37 Å². The number of hydrogen-bond donors (Lipinski definition) is 0. The zero-order valence-electron chi connectivity index (χ0n) is 9.43. The van der Waals surface area contributed by atoms with Crippen LogP contribution >= 0.6 is 23.1 Å². The van der Waals surface area contributed by atoms with Crippen molar-refractivity contribution in [2.75, 3.05) is 26.0 Å². The van der Waals surface area contributed by atoms with E-state index in [4.69, 9.17) is 4.74 Å². The molecular formula is C11H15NO2S2. The highest BCUT2D eigenvalue weighted by Crippen LogP contribution is 2.41. The predicted molar refractivity (Wildman–Crippen MR) is 67.8 cm³/mol. The van der Waals surface area contributed by atoms with E-state index in [0.717, 1.165) is 0 Å². The molecule has 2 heterocycles. The fourth-order valence-electron chi connectivity index (χ4n) is 1.71. The van der Waals surface area contributed by atoms with Crippen molar-refractivity contribution in [2.24, 2.45) is 0 Å². The van der Waals surface area contributed by atoms with E-state index < -0.39 is 0 Å². The third-order valence-electron chi connectivity index (χ3n) is 2.51. The monoisotopic (exact) mass is 257 g/mol. The fourth-order valence-corrected chi connectivity index (χ4v) is 4.04. The Morgan fingerprint density at radius 2 is 2.38 bits per heavy atom. The van der Waals surface area contributed by atoms with Gasteiger partial charge in [0.2, 0.25) is 5.91 Å². The molecule has 1 amide bonds. The number of aryl methyl sites for hydroxylation is 1. The molecule has 16 heavy (non-hydrogen) atoms. The summed E-state index contributed by atoms with van der Waals surface area (Å²) in [4.78, 5) is 16.2. The number of hydrogen-bond acceptors (Lipinski definition) is 4. The lowest BCUT2D eigenvalue weighted by molar-refractivity contribution is -0.128. The average molecular weight is 257 g/mol. The summed E-state index contributed by atoms with van der Waals surface area (Å²) in [5, 5.41) is 0.196. The van der Waals surface area contributed by atoms with Crippen LogP contribution in [0.1, 0.15) is 15.1 Å². The third-order valence-corrected chi connectivity index (χ3v) is 4.95. The first kappa shape index (κ1) is 12.0. The molecule has 0 bridgehead atoms. The van der Waals surface area contributed by atoms with Crippen molar-refractivity contribution < 1.29 is 9.53 Å². The number of amides is 1. The molecule has 2 rings (SSSR count). The van der Waals surface area contributed by atoms with Crippen molar-refractivity contribution in [1.82, 2.24) is 4.90 Å². The molecule has 1 unspecified atom stereocenters. The van der Waals surface area contributed by atoms with Gasteiger partial charge in [-0.1, -0.05) is 0 Å². The minimum atomic E-state index is 0.196. The van der Waals surface area contributed by atoms with Crippen LogP contribution in [0.25, 0.3) is 0 Å². The zero-order chi connectivity index (χ0) is 11.5. The normalized spacial score (nSPS) is 20.8. The highest BCUT2D eigenvalue weighted by molar-refractivity contribution is 8.00. The highest BCUT2D eigenvalue weighted by atomic mass is 32.2. The molecule has 1 saturated heterocycles. The summed E-state index contributed by atoms with van der Waals surface area (Å²) in [6.07, 6.45) is 0. The number of ether oxygens (including phenoxy) is 1. The number of carbonyl (C=O) groups is 1. The van der Waals surface area contributed by atoms with Gasteiger partial charge in [-0.15, -0.1) is 23.1 Å². The van der Waals surface area contributed by atoms with Crippen LogP contribution in [0.5, 0.6) is 0 Å². The first-order chi connectivity index (χ1) is 7.72. The van der Waals surface area contributed by atoms with Crippen LogP contribution in [0.3, 0.4) is 0 Å². The fraction of sp³-hybridized carbons (Fsp3) is 0.545. The van der Waals surface area contributed by atoms with Gasteiger partial charge in [-0.25, -0.2) is 0 Å². The minimum absolute atomic E-state index is 0.196. The van der Waals surface area contributed by atoms with E-state index in [-0.39, 0.29) is 11.3 Å². The molecule has 0 spiro atoms. The average Bonchev–Trinajstić information content (AvgIpc) is 2.82. The number of thiophene rings is 1. The van der Waals surface area contributed by atoms with Crippen LogP contribution in [0.4, 0.5) is 0 Å². The molecule has 5 heteroatoms. The van der Waals surface area contributed by atoms with E-state index in [9.17, 15) is 4.79 Å². The molecule has 0 aliphatic carbocycles. The van der Waals surface area contributed by atoms with Crippen molar-refractivity contribution in [3.05, 3.63) is 21.9 Å². The number of carbonyl (C=O) groups excluding carboxylic acids is 1. The van der Waals surface area contributed by atoms with Crippen molar-refractivity contribution >= 4 is 29.0 Å². The summed E-state index contributed by atoms with van der Waals surface area (Å²) < 4.78 is 5.04. The number of thioether (sulfide) groups is 1. The summed E-state index contributed by atoms with van der Waals surface area (Å²) in [6, 6.07) is 4.23. The van der Waals surface area contributed by atoms with Gasteiger partial charge in [-0.3, -0.25) is 4.79 Å². The Kier molecular flexibility index (Phi) is 3.89. The molecule has 1 aromatic rings. The number of methoxy groups -OCH3 is 1. The molecule has 3 nitrogen and oxygen atoms in total. The van der Waals surface area contributed by atoms with Crippen LogP contribution in [0.15, 0.2) is 12.1 Å². The smallest absolute Gasteiger partial charge is 0.233 e. The second kappa shape index (κ2) is 5.21. The van der Waals surface area contributed by atoms with Gasteiger partial charge in [0.15, 0.2) is 0 Å². The lowest BCUT2D eigenvalue weighted by atomic mass is 10.4. The predicted octanol–water partition coefficient (Wildman–Crippen LogP) is 2.28. The maximum Gasteiger partial charge on any atom is 0.233 e. The molecular weight excluding hydrogens is 242 g/mol. The summed E-state index contributed by atoms with van der Waals surface area (Å²) in [7, 11) is 1.66. The SMILES string of the molecule is COCCN1C(=O)CSC1c1ccc(C)s1.